The quantitative estimate of drug-likeness (QED) is 0.850. The minimum absolute atomic E-state index is 0.275. The van der Waals surface area contributed by atoms with Gasteiger partial charge in [0.2, 0.25) is 11.8 Å². The van der Waals surface area contributed by atoms with Gasteiger partial charge in [0, 0.05) is 6.54 Å². The fraction of sp³-hybridized carbons (Fsp3) is 0.467. The van der Waals surface area contributed by atoms with Gasteiger partial charge in [0.25, 0.3) is 0 Å². The molecule has 1 aromatic carbocycles. The van der Waals surface area contributed by atoms with Crippen LogP contribution in [0, 0.1) is 5.82 Å². The highest BCUT2D eigenvalue weighted by Crippen LogP contribution is 2.18. The van der Waals surface area contributed by atoms with Crippen LogP contribution < -0.4 is 11.5 Å². The van der Waals surface area contributed by atoms with E-state index < -0.39 is 18.0 Å². The predicted octanol–water partition coefficient (Wildman–Crippen LogP) is 0.562. The highest BCUT2D eigenvalue weighted by atomic mass is 19.1. The van der Waals surface area contributed by atoms with Gasteiger partial charge in [-0.2, -0.15) is 0 Å². The zero-order valence-corrected chi connectivity index (χ0v) is 11.8. The number of primary amides is 1. The summed E-state index contributed by atoms with van der Waals surface area (Å²) in [5, 5.41) is 0. The Morgan fingerprint density at radius 2 is 1.95 bits per heavy atom. The lowest BCUT2D eigenvalue weighted by atomic mass is 9.98. The molecule has 0 radical (unpaired) electrons. The minimum atomic E-state index is -0.754. The Balaban J connectivity index is 2.03. The number of amides is 2. The molecule has 1 aliphatic heterocycles. The lowest BCUT2D eigenvalue weighted by Gasteiger charge is -2.35. The molecule has 114 valence electrons. The van der Waals surface area contributed by atoms with Crippen molar-refractivity contribution in [1.82, 2.24) is 4.90 Å². The van der Waals surface area contributed by atoms with Crippen molar-refractivity contribution >= 4 is 11.8 Å². The Morgan fingerprint density at radius 3 is 2.57 bits per heavy atom. The van der Waals surface area contributed by atoms with Gasteiger partial charge in [-0.1, -0.05) is 12.1 Å². The number of carbonyl (C=O) groups is 2. The van der Waals surface area contributed by atoms with Crippen LogP contribution in [-0.2, 0) is 16.0 Å². The zero-order chi connectivity index (χ0) is 15.4. The number of hydrogen-bond acceptors (Lipinski definition) is 3. The summed E-state index contributed by atoms with van der Waals surface area (Å²) >= 11 is 0. The van der Waals surface area contributed by atoms with E-state index in [-0.39, 0.29) is 11.7 Å². The van der Waals surface area contributed by atoms with Crippen LogP contribution in [0.1, 0.15) is 24.8 Å². The number of halogens is 1. The van der Waals surface area contributed by atoms with Crippen LogP contribution in [0.2, 0.25) is 0 Å². The number of piperidine rings is 1. The molecule has 1 saturated heterocycles. The van der Waals surface area contributed by atoms with Crippen LogP contribution in [0.25, 0.3) is 0 Å². The van der Waals surface area contributed by atoms with Gasteiger partial charge < -0.3 is 16.4 Å². The summed E-state index contributed by atoms with van der Waals surface area (Å²) < 4.78 is 12.9. The molecule has 2 rings (SSSR count). The third kappa shape index (κ3) is 3.78. The van der Waals surface area contributed by atoms with Crippen LogP contribution in [0.5, 0.6) is 0 Å². The number of likely N-dealkylation sites (tertiary alicyclic amines) is 1. The first kappa shape index (κ1) is 15.4. The third-order valence-electron chi connectivity index (χ3n) is 3.80. The zero-order valence-electron chi connectivity index (χ0n) is 11.8. The molecule has 5 nitrogen and oxygen atoms in total. The Morgan fingerprint density at radius 1 is 1.29 bits per heavy atom. The van der Waals surface area contributed by atoms with E-state index >= 15 is 0 Å². The summed E-state index contributed by atoms with van der Waals surface area (Å²) in [6, 6.07) is 4.55. The Bertz CT molecular complexity index is 518. The number of carbonyl (C=O) groups excluding carboxylic acids is 2. The van der Waals surface area contributed by atoms with Gasteiger partial charge in [0.15, 0.2) is 0 Å². The predicted molar refractivity (Wildman–Crippen MR) is 76.6 cm³/mol. The van der Waals surface area contributed by atoms with Crippen molar-refractivity contribution in [3.8, 4) is 0 Å². The van der Waals surface area contributed by atoms with E-state index in [0.717, 1.165) is 18.4 Å². The Hall–Kier alpha value is -1.95. The summed E-state index contributed by atoms with van der Waals surface area (Å²) in [6.45, 7) is 0.504. The van der Waals surface area contributed by atoms with Crippen molar-refractivity contribution in [3.05, 3.63) is 35.6 Å². The molecular weight excluding hydrogens is 273 g/mol. The molecule has 1 aliphatic rings. The first-order valence-corrected chi connectivity index (χ1v) is 7.09. The molecule has 21 heavy (non-hydrogen) atoms. The van der Waals surface area contributed by atoms with E-state index in [9.17, 15) is 14.0 Å². The second-order valence-corrected chi connectivity index (χ2v) is 5.38. The number of nitrogens with zero attached hydrogens (tertiary/aromatic N) is 1. The van der Waals surface area contributed by atoms with Crippen LogP contribution in [0.15, 0.2) is 24.3 Å². The molecule has 1 unspecified atom stereocenters. The fourth-order valence-electron chi connectivity index (χ4n) is 2.67. The van der Waals surface area contributed by atoms with Crippen molar-refractivity contribution in [2.24, 2.45) is 11.5 Å². The highest BCUT2D eigenvalue weighted by molar-refractivity contribution is 5.89. The van der Waals surface area contributed by atoms with Crippen LogP contribution in [0.4, 0.5) is 4.39 Å². The van der Waals surface area contributed by atoms with Gasteiger partial charge in [-0.3, -0.25) is 9.59 Å². The lowest BCUT2D eigenvalue weighted by Crippen LogP contribution is -2.55. The third-order valence-corrected chi connectivity index (χ3v) is 3.80. The lowest BCUT2D eigenvalue weighted by molar-refractivity contribution is -0.142. The number of nitrogens with two attached hydrogens (primary N) is 2. The second-order valence-electron chi connectivity index (χ2n) is 5.38. The summed E-state index contributed by atoms with van der Waals surface area (Å²) in [5.41, 5.74) is 12.1. The van der Waals surface area contributed by atoms with E-state index in [1.165, 1.54) is 17.0 Å². The Labute approximate surface area is 123 Å². The van der Waals surface area contributed by atoms with Gasteiger partial charge in [-0.25, -0.2) is 4.39 Å². The van der Waals surface area contributed by atoms with Gasteiger partial charge in [-0.15, -0.1) is 0 Å². The second kappa shape index (κ2) is 6.67. The molecule has 0 spiro atoms. The standard InChI is InChI=1S/C15H20FN3O2/c16-11-6-4-10(5-7-11)9-12(17)15(21)19-8-2-1-3-13(19)14(18)20/h4-7,12-13H,1-3,8-9,17H2,(H2,18,20)/t12-,13?/m0/s1. The summed E-state index contributed by atoms with van der Waals surface area (Å²) in [5.74, 6) is -1.09. The largest absolute Gasteiger partial charge is 0.368 e. The minimum Gasteiger partial charge on any atom is -0.368 e. The van der Waals surface area contributed by atoms with E-state index in [0.29, 0.717) is 19.4 Å². The SMILES string of the molecule is NC(=O)C1CCCCN1C(=O)[C@@H](N)Cc1ccc(F)cc1. The molecule has 0 aliphatic carbocycles. The average molecular weight is 293 g/mol. The molecule has 0 saturated carbocycles. The monoisotopic (exact) mass is 293 g/mol. The van der Waals surface area contributed by atoms with E-state index in [2.05, 4.69) is 0 Å². The molecule has 6 heteroatoms. The topological polar surface area (TPSA) is 89.4 Å². The normalized spacial score (nSPS) is 20.1. The molecule has 2 amide bonds. The highest BCUT2D eigenvalue weighted by Gasteiger charge is 2.33. The van der Waals surface area contributed by atoms with Crippen LogP contribution in [-0.4, -0.2) is 35.3 Å². The van der Waals surface area contributed by atoms with Crippen molar-refractivity contribution in [2.75, 3.05) is 6.54 Å². The maximum absolute atomic E-state index is 12.9. The molecule has 0 bridgehead atoms. The van der Waals surface area contributed by atoms with Gasteiger partial charge >= 0.3 is 0 Å². The molecular formula is C15H20FN3O2. The van der Waals surface area contributed by atoms with Crippen molar-refractivity contribution in [1.29, 1.82) is 0 Å². The summed E-state index contributed by atoms with van der Waals surface area (Å²) in [4.78, 5) is 25.3. The molecule has 0 aromatic heterocycles. The van der Waals surface area contributed by atoms with Gasteiger partial charge in [0.05, 0.1) is 6.04 Å². The summed E-state index contributed by atoms with van der Waals surface area (Å²) in [7, 11) is 0. The maximum Gasteiger partial charge on any atom is 0.240 e. The van der Waals surface area contributed by atoms with E-state index in [4.69, 9.17) is 11.5 Å². The number of hydrogen-bond donors (Lipinski definition) is 2. The van der Waals surface area contributed by atoms with Crippen molar-refractivity contribution < 1.29 is 14.0 Å². The molecule has 4 N–H and O–H groups in total. The van der Waals surface area contributed by atoms with Crippen LogP contribution in [0.3, 0.4) is 0 Å². The number of benzene rings is 1. The molecule has 1 aromatic rings. The van der Waals surface area contributed by atoms with E-state index in [1.807, 2.05) is 0 Å². The molecule has 2 atom stereocenters. The van der Waals surface area contributed by atoms with Gasteiger partial charge in [0.1, 0.15) is 11.9 Å². The first-order valence-electron chi connectivity index (χ1n) is 7.09. The molecule has 1 fully saturated rings. The average Bonchev–Trinajstić information content (AvgIpc) is 2.48. The smallest absolute Gasteiger partial charge is 0.240 e. The van der Waals surface area contributed by atoms with Crippen molar-refractivity contribution in [2.45, 2.75) is 37.8 Å². The Kier molecular flexibility index (Phi) is 4.90. The van der Waals surface area contributed by atoms with Gasteiger partial charge in [-0.05, 0) is 43.4 Å². The summed E-state index contributed by atoms with van der Waals surface area (Å²) in [6.07, 6.45) is 2.62. The first-order chi connectivity index (χ1) is 9.99. The van der Waals surface area contributed by atoms with Crippen LogP contribution >= 0.6 is 0 Å². The van der Waals surface area contributed by atoms with E-state index in [1.54, 1.807) is 12.1 Å². The molecule has 1 heterocycles. The fourth-order valence-corrected chi connectivity index (χ4v) is 2.67. The maximum atomic E-state index is 12.9. The van der Waals surface area contributed by atoms with Crippen molar-refractivity contribution in [3.63, 3.8) is 0 Å². The number of rotatable bonds is 4.